The lowest BCUT2D eigenvalue weighted by atomic mass is 9.73. The third kappa shape index (κ3) is 2.57. The third-order valence-corrected chi connectivity index (χ3v) is 4.66. The molecule has 0 amide bonds. The Morgan fingerprint density at radius 1 is 1.25 bits per heavy atom. The van der Waals surface area contributed by atoms with Crippen LogP contribution >= 0.6 is 11.6 Å². The van der Waals surface area contributed by atoms with E-state index in [0.717, 1.165) is 23.3 Å². The molecule has 0 radical (unpaired) electrons. The zero-order valence-electron chi connectivity index (χ0n) is 13.4. The topological polar surface area (TPSA) is 80.1 Å². The van der Waals surface area contributed by atoms with Crippen LogP contribution in [0.4, 0.5) is 11.6 Å². The van der Waals surface area contributed by atoms with Gasteiger partial charge in [0.25, 0.3) is 0 Å². The van der Waals surface area contributed by atoms with Crippen LogP contribution in [0.25, 0.3) is 0 Å². The minimum Gasteiger partial charge on any atom is -0.353 e. The Morgan fingerprint density at radius 2 is 2.04 bits per heavy atom. The Balaban J connectivity index is 1.88. The van der Waals surface area contributed by atoms with Gasteiger partial charge in [-0.2, -0.15) is 0 Å². The molecule has 0 saturated heterocycles. The monoisotopic (exact) mass is 344 g/mol. The van der Waals surface area contributed by atoms with Gasteiger partial charge in [0.2, 0.25) is 11.6 Å². The van der Waals surface area contributed by atoms with Gasteiger partial charge in [0.15, 0.2) is 5.78 Å². The first kappa shape index (κ1) is 15.2. The molecule has 124 valence electrons. The molecule has 7 heteroatoms. The minimum atomic E-state index is -0.344. The summed E-state index contributed by atoms with van der Waals surface area (Å²) in [5.74, 6) is 1.10. The van der Waals surface area contributed by atoms with Crippen LogP contribution < -0.4 is 10.6 Å². The van der Waals surface area contributed by atoms with Crippen molar-refractivity contribution in [2.24, 2.45) is 5.41 Å². The van der Waals surface area contributed by atoms with E-state index in [1.54, 1.807) is 0 Å². The number of nitrogens with zero attached hydrogens (tertiary/aromatic N) is 2. The summed E-state index contributed by atoms with van der Waals surface area (Å²) in [6, 6.07) is 7.14. The fourth-order valence-electron chi connectivity index (χ4n) is 3.43. The Hall–Kier alpha value is -2.34. The lowest BCUT2D eigenvalue weighted by Gasteiger charge is -2.34. The number of Topliss-reactive ketones (excluding diaryl/α,β-unsaturated/α-hetero) is 1. The number of hydrogen-bond donors (Lipinski definition) is 2. The van der Waals surface area contributed by atoms with Gasteiger partial charge < -0.3 is 10.6 Å². The van der Waals surface area contributed by atoms with Gasteiger partial charge in [-0.3, -0.25) is 4.79 Å². The van der Waals surface area contributed by atoms with Crippen LogP contribution in [0.1, 0.15) is 38.3 Å². The zero-order valence-corrected chi connectivity index (χ0v) is 14.1. The van der Waals surface area contributed by atoms with Crippen molar-refractivity contribution >= 4 is 29.0 Å². The first-order valence-corrected chi connectivity index (χ1v) is 8.19. The van der Waals surface area contributed by atoms with Crippen molar-refractivity contribution in [3.8, 4) is 0 Å². The van der Waals surface area contributed by atoms with Gasteiger partial charge >= 0.3 is 0 Å². The van der Waals surface area contributed by atoms with E-state index in [9.17, 15) is 4.79 Å². The van der Waals surface area contributed by atoms with Gasteiger partial charge in [-0.25, -0.2) is 4.63 Å². The molecule has 2 aromatic rings. The molecule has 1 aromatic heterocycles. The molecule has 6 nitrogen and oxygen atoms in total. The average molecular weight is 345 g/mol. The predicted molar refractivity (Wildman–Crippen MR) is 90.8 cm³/mol. The van der Waals surface area contributed by atoms with Crippen molar-refractivity contribution < 1.29 is 9.42 Å². The van der Waals surface area contributed by atoms with Crippen LogP contribution in [0.15, 0.2) is 40.2 Å². The summed E-state index contributed by atoms with van der Waals surface area (Å²) in [7, 11) is 0. The van der Waals surface area contributed by atoms with Crippen LogP contribution in [0, 0.1) is 5.41 Å². The Bertz CT molecular complexity index is 856. The molecule has 1 aliphatic heterocycles. The molecule has 0 fully saturated rings. The number of fused-ring (bicyclic) bond motifs is 1. The maximum absolute atomic E-state index is 12.9. The first-order valence-electron chi connectivity index (χ1n) is 7.81. The largest absolute Gasteiger partial charge is 0.353 e. The number of aromatic nitrogens is 2. The fourth-order valence-corrected chi connectivity index (χ4v) is 3.63. The normalized spacial score (nSPS) is 22.1. The summed E-state index contributed by atoms with van der Waals surface area (Å²) in [6.07, 6.45) is 1.25. The summed E-state index contributed by atoms with van der Waals surface area (Å²) in [6.45, 7) is 4.18. The number of halogens is 1. The van der Waals surface area contributed by atoms with Gasteiger partial charge in [0, 0.05) is 22.7 Å². The van der Waals surface area contributed by atoms with Crippen molar-refractivity contribution in [1.82, 2.24) is 10.3 Å². The van der Waals surface area contributed by atoms with Gasteiger partial charge in [-0.15, -0.1) is 0 Å². The molecule has 1 atom stereocenters. The molecule has 2 N–H and O–H groups in total. The van der Waals surface area contributed by atoms with E-state index in [1.807, 2.05) is 24.3 Å². The molecular formula is C17H17ClN4O2. The van der Waals surface area contributed by atoms with Crippen molar-refractivity contribution in [2.75, 3.05) is 10.6 Å². The van der Waals surface area contributed by atoms with Crippen molar-refractivity contribution in [3.63, 3.8) is 0 Å². The molecule has 24 heavy (non-hydrogen) atoms. The average Bonchev–Trinajstić information content (AvgIpc) is 2.85. The number of benzene rings is 1. The highest BCUT2D eigenvalue weighted by Crippen LogP contribution is 2.44. The first-order chi connectivity index (χ1) is 11.4. The van der Waals surface area contributed by atoms with E-state index in [4.69, 9.17) is 16.2 Å². The van der Waals surface area contributed by atoms with Gasteiger partial charge in [-0.05, 0) is 39.8 Å². The summed E-state index contributed by atoms with van der Waals surface area (Å²) in [5, 5.41) is 14.9. The zero-order chi connectivity index (χ0) is 16.9. The summed E-state index contributed by atoms with van der Waals surface area (Å²) in [4.78, 5) is 12.9. The highest BCUT2D eigenvalue weighted by molar-refractivity contribution is 6.30. The molecule has 2 aliphatic rings. The van der Waals surface area contributed by atoms with E-state index in [-0.39, 0.29) is 17.2 Å². The smallest absolute Gasteiger partial charge is 0.219 e. The molecule has 4 rings (SSSR count). The second-order valence-corrected chi connectivity index (χ2v) is 7.49. The minimum absolute atomic E-state index is 0.108. The quantitative estimate of drug-likeness (QED) is 0.815. The van der Waals surface area contributed by atoms with E-state index in [1.165, 1.54) is 0 Å². The third-order valence-electron chi connectivity index (χ3n) is 4.43. The fraction of sp³-hybridized carbons (Fsp3) is 0.353. The molecular weight excluding hydrogens is 328 g/mol. The number of rotatable bonds is 1. The number of nitrogens with one attached hydrogen (secondary N) is 2. The lowest BCUT2D eigenvalue weighted by Crippen LogP contribution is -2.31. The lowest BCUT2D eigenvalue weighted by molar-refractivity contribution is -0.118. The Labute approximate surface area is 144 Å². The van der Waals surface area contributed by atoms with Gasteiger partial charge in [0.05, 0.1) is 6.04 Å². The Kier molecular flexibility index (Phi) is 3.38. The van der Waals surface area contributed by atoms with Crippen molar-refractivity contribution in [3.05, 3.63) is 46.1 Å². The van der Waals surface area contributed by atoms with Crippen LogP contribution in [0.2, 0.25) is 5.02 Å². The van der Waals surface area contributed by atoms with Gasteiger partial charge in [0.1, 0.15) is 0 Å². The summed E-state index contributed by atoms with van der Waals surface area (Å²) in [5.41, 5.74) is 2.38. The van der Waals surface area contributed by atoms with E-state index < -0.39 is 0 Å². The number of carbonyl (C=O) groups excluding carboxylic acids is 1. The van der Waals surface area contributed by atoms with Crippen LogP contribution in [-0.4, -0.2) is 16.1 Å². The Morgan fingerprint density at radius 3 is 2.83 bits per heavy atom. The molecule has 0 saturated carbocycles. The highest BCUT2D eigenvalue weighted by atomic mass is 35.5. The number of hydrogen-bond acceptors (Lipinski definition) is 6. The maximum atomic E-state index is 12.9. The second-order valence-electron chi connectivity index (χ2n) is 7.05. The molecule has 0 bridgehead atoms. The highest BCUT2D eigenvalue weighted by Gasteiger charge is 2.39. The summed E-state index contributed by atoms with van der Waals surface area (Å²) < 4.78 is 4.83. The SMILES string of the molecule is CC1(C)CC(=O)C2=C(C1)Nc1nonc1N[C@H]2c1cccc(Cl)c1. The van der Waals surface area contributed by atoms with E-state index >= 15 is 0 Å². The number of ketones is 1. The predicted octanol–water partition coefficient (Wildman–Crippen LogP) is 3.94. The van der Waals surface area contributed by atoms with Gasteiger partial charge in [-0.1, -0.05) is 37.6 Å². The van der Waals surface area contributed by atoms with E-state index in [2.05, 4.69) is 34.8 Å². The molecule has 0 spiro atoms. The number of allylic oxidation sites excluding steroid dienone is 1. The van der Waals surface area contributed by atoms with Crippen molar-refractivity contribution in [1.29, 1.82) is 0 Å². The van der Waals surface area contributed by atoms with Crippen LogP contribution in [0.5, 0.6) is 0 Å². The van der Waals surface area contributed by atoms with Crippen LogP contribution in [-0.2, 0) is 4.79 Å². The molecule has 2 heterocycles. The van der Waals surface area contributed by atoms with Crippen molar-refractivity contribution in [2.45, 2.75) is 32.7 Å². The number of anilines is 2. The molecule has 1 aliphatic carbocycles. The number of carbonyl (C=O) groups is 1. The molecule has 0 unspecified atom stereocenters. The molecule has 1 aromatic carbocycles. The van der Waals surface area contributed by atoms with E-state index in [0.29, 0.717) is 23.1 Å². The second kappa shape index (κ2) is 5.34. The maximum Gasteiger partial charge on any atom is 0.219 e. The van der Waals surface area contributed by atoms with Crippen LogP contribution in [0.3, 0.4) is 0 Å². The summed E-state index contributed by atoms with van der Waals surface area (Å²) >= 11 is 6.15. The standard InChI is InChI=1S/C17H17ClN4O2/c1-17(2)7-11-13(12(23)8-17)14(9-4-3-5-10(18)6-9)20-16-15(19-11)21-24-22-16/h3-6,14H,7-8H2,1-2H3,(H,19,21)(H,20,22)/t14-/m0/s1.